The van der Waals surface area contributed by atoms with E-state index in [1.165, 1.54) is 0 Å². The van der Waals surface area contributed by atoms with Gasteiger partial charge in [-0.3, -0.25) is 4.79 Å². The zero-order valence-electron chi connectivity index (χ0n) is 15.0. The number of hydrogen-bond donors (Lipinski definition) is 3. The van der Waals surface area contributed by atoms with Gasteiger partial charge < -0.3 is 19.5 Å². The molecule has 0 radical (unpaired) electrons. The van der Waals surface area contributed by atoms with Gasteiger partial charge in [-0.15, -0.1) is 0 Å². The van der Waals surface area contributed by atoms with Crippen LogP contribution in [0, 0.1) is 0 Å². The van der Waals surface area contributed by atoms with Crippen molar-refractivity contribution in [3.8, 4) is 17.2 Å². The van der Waals surface area contributed by atoms with Gasteiger partial charge in [0.25, 0.3) is 0 Å². The number of carbonyl (C=O) groups is 1. The predicted octanol–water partition coefficient (Wildman–Crippen LogP) is 2.26. The fourth-order valence-corrected chi connectivity index (χ4v) is 2.94. The second kappa shape index (κ2) is 8.07. The zero-order valence-corrected chi connectivity index (χ0v) is 15.0. The van der Waals surface area contributed by atoms with Crippen LogP contribution in [0.4, 0.5) is 5.69 Å². The van der Waals surface area contributed by atoms with Gasteiger partial charge in [-0.2, -0.15) is 0 Å². The van der Waals surface area contributed by atoms with E-state index in [2.05, 4.69) is 16.2 Å². The number of amides is 1. The number of benzene rings is 2. The number of methoxy groups -OCH3 is 3. The van der Waals surface area contributed by atoms with Gasteiger partial charge in [0.2, 0.25) is 5.91 Å². The summed E-state index contributed by atoms with van der Waals surface area (Å²) in [5.74, 6) is 1.87. The van der Waals surface area contributed by atoms with Crippen LogP contribution in [-0.4, -0.2) is 33.3 Å². The lowest BCUT2D eigenvalue weighted by Crippen LogP contribution is -2.39. The van der Waals surface area contributed by atoms with E-state index in [9.17, 15) is 4.79 Å². The lowest BCUT2D eigenvalue weighted by Gasteiger charge is -2.14. The molecule has 3 rings (SSSR count). The zero-order chi connectivity index (χ0) is 18.5. The van der Waals surface area contributed by atoms with Crippen LogP contribution in [0.15, 0.2) is 42.5 Å². The van der Waals surface area contributed by atoms with E-state index in [0.717, 1.165) is 11.3 Å². The Kier molecular flexibility index (Phi) is 5.60. The molecule has 0 saturated carbocycles. The molecule has 2 unspecified atom stereocenters. The fourth-order valence-electron chi connectivity index (χ4n) is 2.94. The first kappa shape index (κ1) is 18.0. The monoisotopic (exact) mass is 357 g/mol. The third kappa shape index (κ3) is 3.89. The Morgan fingerprint density at radius 1 is 1.00 bits per heavy atom. The summed E-state index contributed by atoms with van der Waals surface area (Å²) >= 11 is 0. The van der Waals surface area contributed by atoms with Crippen molar-refractivity contribution in [2.45, 2.75) is 18.5 Å². The summed E-state index contributed by atoms with van der Waals surface area (Å²) in [7, 11) is 4.78. The summed E-state index contributed by atoms with van der Waals surface area (Å²) in [6.45, 7) is 0. The van der Waals surface area contributed by atoms with E-state index < -0.39 is 0 Å². The first-order valence-electron chi connectivity index (χ1n) is 8.32. The lowest BCUT2D eigenvalue weighted by atomic mass is 10.0. The van der Waals surface area contributed by atoms with E-state index in [0.29, 0.717) is 23.6 Å². The van der Waals surface area contributed by atoms with Gasteiger partial charge in [0.15, 0.2) is 0 Å². The van der Waals surface area contributed by atoms with Crippen LogP contribution in [0.5, 0.6) is 17.2 Å². The van der Waals surface area contributed by atoms with E-state index in [-0.39, 0.29) is 18.0 Å². The van der Waals surface area contributed by atoms with Crippen molar-refractivity contribution in [3.05, 3.63) is 48.0 Å². The second-order valence-electron chi connectivity index (χ2n) is 5.96. The molecule has 1 amide bonds. The van der Waals surface area contributed by atoms with Crippen molar-refractivity contribution < 1.29 is 19.0 Å². The largest absolute Gasteiger partial charge is 0.497 e. The van der Waals surface area contributed by atoms with Gasteiger partial charge in [-0.05, 0) is 36.2 Å². The molecule has 1 saturated heterocycles. The minimum Gasteiger partial charge on any atom is -0.497 e. The number of hydrazine groups is 1. The molecule has 2 aromatic carbocycles. The molecule has 1 fully saturated rings. The molecule has 7 heteroatoms. The van der Waals surface area contributed by atoms with Gasteiger partial charge in [0, 0.05) is 12.1 Å². The van der Waals surface area contributed by atoms with Crippen molar-refractivity contribution in [1.29, 1.82) is 0 Å². The highest BCUT2D eigenvalue weighted by Crippen LogP contribution is 2.30. The van der Waals surface area contributed by atoms with Crippen molar-refractivity contribution in [2.75, 3.05) is 26.6 Å². The molecular formula is C19H23N3O4. The van der Waals surface area contributed by atoms with E-state index in [1.54, 1.807) is 39.5 Å². The molecule has 1 heterocycles. The molecule has 0 bridgehead atoms. The van der Waals surface area contributed by atoms with Crippen molar-refractivity contribution in [3.63, 3.8) is 0 Å². The van der Waals surface area contributed by atoms with E-state index >= 15 is 0 Å². The Hall–Kier alpha value is -2.77. The number of nitrogens with one attached hydrogen (secondary N) is 3. The van der Waals surface area contributed by atoms with Crippen molar-refractivity contribution in [1.82, 2.24) is 10.9 Å². The highest BCUT2D eigenvalue weighted by Gasteiger charge is 2.30. The minimum atomic E-state index is -0.373. The van der Waals surface area contributed by atoms with Crippen molar-refractivity contribution >= 4 is 11.6 Å². The van der Waals surface area contributed by atoms with Gasteiger partial charge in [-0.25, -0.2) is 10.9 Å². The number of anilines is 1. The molecular weight excluding hydrogens is 334 g/mol. The summed E-state index contributed by atoms with van der Waals surface area (Å²) in [6, 6.07) is 12.7. The first-order valence-corrected chi connectivity index (χ1v) is 8.32. The molecule has 26 heavy (non-hydrogen) atoms. The molecule has 3 N–H and O–H groups in total. The number of rotatable bonds is 6. The Morgan fingerprint density at radius 2 is 1.77 bits per heavy atom. The maximum Gasteiger partial charge on any atom is 0.243 e. The number of ether oxygens (including phenoxy) is 3. The summed E-state index contributed by atoms with van der Waals surface area (Å²) in [5, 5.41) is 2.90. The summed E-state index contributed by atoms with van der Waals surface area (Å²) in [4.78, 5) is 12.6. The third-order valence-corrected chi connectivity index (χ3v) is 4.38. The topological polar surface area (TPSA) is 80.9 Å². The van der Waals surface area contributed by atoms with Crippen LogP contribution in [0.3, 0.4) is 0 Å². The van der Waals surface area contributed by atoms with Crippen LogP contribution in [0.1, 0.15) is 18.0 Å². The van der Waals surface area contributed by atoms with Gasteiger partial charge in [0.1, 0.15) is 23.3 Å². The Labute approximate surface area is 152 Å². The average Bonchev–Trinajstić information content (AvgIpc) is 3.18. The van der Waals surface area contributed by atoms with Gasteiger partial charge in [0.05, 0.1) is 27.0 Å². The Morgan fingerprint density at radius 3 is 2.50 bits per heavy atom. The first-order chi connectivity index (χ1) is 12.6. The molecule has 0 aromatic heterocycles. The molecule has 0 aliphatic carbocycles. The summed E-state index contributed by atoms with van der Waals surface area (Å²) in [5.41, 5.74) is 7.86. The molecule has 7 nitrogen and oxygen atoms in total. The maximum atomic E-state index is 12.6. The second-order valence-corrected chi connectivity index (χ2v) is 5.96. The molecule has 1 aliphatic heterocycles. The minimum absolute atomic E-state index is 0.0213. The normalized spacial score (nSPS) is 19.0. The van der Waals surface area contributed by atoms with E-state index in [1.807, 2.05) is 24.3 Å². The summed E-state index contributed by atoms with van der Waals surface area (Å²) < 4.78 is 15.8. The smallest absolute Gasteiger partial charge is 0.243 e. The van der Waals surface area contributed by atoms with Crippen LogP contribution in [0.25, 0.3) is 0 Å². The van der Waals surface area contributed by atoms with Crippen molar-refractivity contribution in [2.24, 2.45) is 0 Å². The molecule has 0 spiro atoms. The highest BCUT2D eigenvalue weighted by atomic mass is 16.5. The fraction of sp³-hybridized carbons (Fsp3) is 0.316. The lowest BCUT2D eigenvalue weighted by molar-refractivity contribution is -0.117. The van der Waals surface area contributed by atoms with Crippen LogP contribution >= 0.6 is 0 Å². The third-order valence-electron chi connectivity index (χ3n) is 4.38. The quantitative estimate of drug-likeness (QED) is 0.736. The standard InChI is InChI=1S/C19H23N3O4/c1-24-13-6-4-5-12(9-13)15-11-17(22-21-15)19(23)20-16-10-14(25-2)7-8-18(16)26-3/h4-10,15,17,21-22H,11H2,1-3H3,(H,20,23). The Balaban J connectivity index is 1.68. The molecule has 138 valence electrons. The summed E-state index contributed by atoms with van der Waals surface area (Å²) in [6.07, 6.45) is 0.616. The SMILES string of the molecule is COc1cccc(C2CC(C(=O)Nc3cc(OC)ccc3OC)NN2)c1. The van der Waals surface area contributed by atoms with Gasteiger partial charge >= 0.3 is 0 Å². The average molecular weight is 357 g/mol. The van der Waals surface area contributed by atoms with E-state index in [4.69, 9.17) is 14.2 Å². The van der Waals surface area contributed by atoms with Crippen LogP contribution in [0.2, 0.25) is 0 Å². The molecule has 1 aliphatic rings. The molecule has 2 atom stereocenters. The Bertz CT molecular complexity index is 781. The molecule has 2 aromatic rings. The number of hydrogen-bond acceptors (Lipinski definition) is 6. The highest BCUT2D eigenvalue weighted by molar-refractivity contribution is 5.96. The van der Waals surface area contributed by atoms with Crippen LogP contribution < -0.4 is 30.4 Å². The van der Waals surface area contributed by atoms with Crippen LogP contribution in [-0.2, 0) is 4.79 Å². The predicted molar refractivity (Wildman–Crippen MR) is 98.6 cm³/mol. The number of carbonyl (C=O) groups excluding carboxylic acids is 1. The van der Waals surface area contributed by atoms with Gasteiger partial charge in [-0.1, -0.05) is 12.1 Å². The maximum absolute atomic E-state index is 12.6.